The monoisotopic (exact) mass is 260 g/mol. The van der Waals surface area contributed by atoms with Gasteiger partial charge in [-0.15, -0.1) is 0 Å². The molecule has 0 rings (SSSR count). The van der Waals surface area contributed by atoms with E-state index in [0.29, 0.717) is 0 Å². The molecule has 2 N–H and O–H groups in total. The Morgan fingerprint density at radius 1 is 0.867 bits per heavy atom. The van der Waals surface area contributed by atoms with Crippen molar-refractivity contribution in [2.75, 3.05) is 0 Å². The molecular weight excluding hydrogens is 244 g/mol. The summed E-state index contributed by atoms with van der Waals surface area (Å²) in [6, 6.07) is 0. The molecule has 92 valence electrons. The lowest BCUT2D eigenvalue weighted by Gasteiger charge is -2.26. The van der Waals surface area contributed by atoms with Gasteiger partial charge in [0.1, 0.15) is 0 Å². The fraction of sp³-hybridized carbons (Fsp3) is 1.00. The van der Waals surface area contributed by atoms with Crippen molar-refractivity contribution in [2.24, 2.45) is 0 Å². The molecule has 15 heavy (non-hydrogen) atoms. The summed E-state index contributed by atoms with van der Waals surface area (Å²) in [5, 5.41) is 0. The molecule has 0 aliphatic heterocycles. The summed E-state index contributed by atoms with van der Waals surface area (Å²) in [4.78, 5) is 0. The van der Waals surface area contributed by atoms with Crippen molar-refractivity contribution in [3.8, 4) is 0 Å². The zero-order chi connectivity index (χ0) is 12.3. The molecule has 0 radical (unpaired) electrons. The van der Waals surface area contributed by atoms with Crippen molar-refractivity contribution in [1.82, 2.24) is 0 Å². The molecule has 0 aliphatic rings. The smallest absolute Gasteiger partial charge is 0.284 e. The Labute approximate surface area is 90.2 Å². The first kappa shape index (κ1) is 14.8. The van der Waals surface area contributed by atoms with Gasteiger partial charge in [-0.2, -0.15) is 16.8 Å². The lowest BCUT2D eigenvalue weighted by atomic mass is 10.1. The van der Waals surface area contributed by atoms with Gasteiger partial charge in [-0.1, -0.05) is 26.7 Å². The number of hydrogen-bond donors (Lipinski definition) is 2. The van der Waals surface area contributed by atoms with E-state index in [4.69, 9.17) is 9.11 Å². The third-order valence-electron chi connectivity index (χ3n) is 2.20. The van der Waals surface area contributed by atoms with E-state index in [-0.39, 0.29) is 25.7 Å². The number of rotatable bonds is 6. The maximum Gasteiger partial charge on any atom is 0.287 e. The molecule has 6 nitrogen and oxygen atoms in total. The summed E-state index contributed by atoms with van der Waals surface area (Å²) in [6.45, 7) is 3.14. The maximum absolute atomic E-state index is 11.1. The molecule has 0 atom stereocenters. The zero-order valence-corrected chi connectivity index (χ0v) is 10.3. The fourth-order valence-corrected chi connectivity index (χ4v) is 4.45. The van der Waals surface area contributed by atoms with E-state index >= 15 is 0 Å². The molecule has 0 bridgehead atoms. The summed E-state index contributed by atoms with van der Waals surface area (Å²) < 4.78 is 59.8. The second-order valence-electron chi connectivity index (χ2n) is 3.36. The minimum Gasteiger partial charge on any atom is -0.284 e. The molecule has 0 aliphatic carbocycles. The van der Waals surface area contributed by atoms with Crippen molar-refractivity contribution in [3.05, 3.63) is 0 Å². The molecule has 0 saturated carbocycles. The predicted octanol–water partition coefficient (Wildman–Crippen LogP) is 1.06. The van der Waals surface area contributed by atoms with E-state index < -0.39 is 24.3 Å². The Balaban J connectivity index is 5.72. The Morgan fingerprint density at radius 3 is 1.27 bits per heavy atom. The quantitative estimate of drug-likeness (QED) is 0.691. The van der Waals surface area contributed by atoms with Crippen LogP contribution in [0.15, 0.2) is 0 Å². The van der Waals surface area contributed by atoms with Gasteiger partial charge in [0, 0.05) is 0 Å². The van der Waals surface area contributed by atoms with Crippen LogP contribution in [0.25, 0.3) is 0 Å². The van der Waals surface area contributed by atoms with E-state index in [1.165, 1.54) is 0 Å². The molecule has 0 heterocycles. The highest BCUT2D eigenvalue weighted by molar-refractivity contribution is 8.05. The highest BCUT2D eigenvalue weighted by atomic mass is 32.3. The summed E-state index contributed by atoms with van der Waals surface area (Å²) in [7, 11) is -9.69. The van der Waals surface area contributed by atoms with E-state index in [2.05, 4.69) is 0 Å². The van der Waals surface area contributed by atoms with E-state index in [9.17, 15) is 16.8 Å². The van der Waals surface area contributed by atoms with Crippen molar-refractivity contribution in [1.29, 1.82) is 0 Å². The normalized spacial score (nSPS) is 14.1. The van der Waals surface area contributed by atoms with Crippen molar-refractivity contribution < 1.29 is 25.9 Å². The minimum absolute atomic E-state index is 0.222. The Hall–Kier alpha value is -0.180. The maximum atomic E-state index is 11.1. The average Bonchev–Trinajstić information content (AvgIpc) is 1.99. The molecular formula is C7H16O6S2. The van der Waals surface area contributed by atoms with Gasteiger partial charge in [0.15, 0.2) is 0 Å². The first-order valence-corrected chi connectivity index (χ1v) is 7.44. The molecule has 8 heteroatoms. The first-order valence-electron chi connectivity index (χ1n) is 4.56. The van der Waals surface area contributed by atoms with Crippen LogP contribution in [0.3, 0.4) is 0 Å². The van der Waals surface area contributed by atoms with Gasteiger partial charge in [0.25, 0.3) is 20.2 Å². The number of hydrogen-bond acceptors (Lipinski definition) is 4. The van der Waals surface area contributed by atoms with Crippen molar-refractivity contribution in [2.45, 2.75) is 43.6 Å². The standard InChI is InChI=1S/C7H16O6S2/c1-3-5-7(6-4-2,14(8,9)10)15(11,12)13/h3-6H2,1-2H3,(H,8,9,10)(H,11,12,13). The Bertz CT molecular complexity index is 353. The van der Waals surface area contributed by atoms with Crippen LogP contribution in [0.4, 0.5) is 0 Å². The van der Waals surface area contributed by atoms with Gasteiger partial charge in [0.05, 0.1) is 0 Å². The SMILES string of the molecule is CCCC(CCC)(S(=O)(=O)O)S(=O)(=O)O. The van der Waals surface area contributed by atoms with Gasteiger partial charge >= 0.3 is 0 Å². The second kappa shape index (κ2) is 4.77. The van der Waals surface area contributed by atoms with Crippen LogP contribution in [-0.4, -0.2) is 30.0 Å². The van der Waals surface area contributed by atoms with Gasteiger partial charge in [-0.25, -0.2) is 0 Å². The highest BCUT2D eigenvalue weighted by Gasteiger charge is 2.52. The average molecular weight is 260 g/mol. The largest absolute Gasteiger partial charge is 0.287 e. The summed E-state index contributed by atoms with van der Waals surface area (Å²) in [5.41, 5.74) is 0. The Morgan fingerprint density at radius 2 is 1.13 bits per heavy atom. The minimum atomic E-state index is -4.85. The van der Waals surface area contributed by atoms with Gasteiger partial charge in [0.2, 0.25) is 4.08 Å². The first-order chi connectivity index (χ1) is 6.62. The topological polar surface area (TPSA) is 109 Å². The zero-order valence-electron chi connectivity index (χ0n) is 8.67. The van der Waals surface area contributed by atoms with Crippen LogP contribution in [0.1, 0.15) is 39.5 Å². The van der Waals surface area contributed by atoms with Crippen LogP contribution >= 0.6 is 0 Å². The van der Waals surface area contributed by atoms with Crippen molar-refractivity contribution in [3.63, 3.8) is 0 Å². The van der Waals surface area contributed by atoms with E-state index in [0.717, 1.165) is 0 Å². The predicted molar refractivity (Wildman–Crippen MR) is 55.6 cm³/mol. The van der Waals surface area contributed by atoms with Gasteiger partial charge < -0.3 is 0 Å². The third kappa shape index (κ3) is 2.90. The van der Waals surface area contributed by atoms with Crippen LogP contribution in [0.2, 0.25) is 0 Å². The fourth-order valence-electron chi connectivity index (χ4n) is 1.54. The molecule has 0 amide bonds. The van der Waals surface area contributed by atoms with Crippen molar-refractivity contribution >= 4 is 20.2 Å². The highest BCUT2D eigenvalue weighted by Crippen LogP contribution is 2.33. The molecule has 0 aromatic heterocycles. The van der Waals surface area contributed by atoms with Crippen LogP contribution in [0.5, 0.6) is 0 Å². The van der Waals surface area contributed by atoms with Crippen LogP contribution in [0, 0.1) is 0 Å². The molecule has 0 aromatic carbocycles. The summed E-state index contributed by atoms with van der Waals surface area (Å²) >= 11 is 0. The summed E-state index contributed by atoms with van der Waals surface area (Å²) in [5.74, 6) is 0. The molecule has 0 spiro atoms. The lowest BCUT2D eigenvalue weighted by molar-refractivity contribution is 0.399. The molecule has 0 unspecified atom stereocenters. The van der Waals surface area contributed by atoms with Crippen LogP contribution in [-0.2, 0) is 20.2 Å². The van der Waals surface area contributed by atoms with Crippen LogP contribution < -0.4 is 0 Å². The second-order valence-corrected chi connectivity index (χ2v) is 7.08. The molecule has 0 fully saturated rings. The van der Waals surface area contributed by atoms with Gasteiger partial charge in [-0.3, -0.25) is 9.11 Å². The third-order valence-corrected chi connectivity index (χ3v) is 6.16. The lowest BCUT2D eigenvalue weighted by Crippen LogP contribution is -2.45. The Kier molecular flexibility index (Phi) is 4.71. The van der Waals surface area contributed by atoms with E-state index in [1.807, 2.05) is 0 Å². The molecule has 0 aromatic rings. The summed E-state index contributed by atoms with van der Waals surface area (Å²) in [6.07, 6.45) is -0.198. The van der Waals surface area contributed by atoms with E-state index in [1.54, 1.807) is 13.8 Å². The molecule has 0 saturated heterocycles. The van der Waals surface area contributed by atoms with Gasteiger partial charge in [-0.05, 0) is 12.8 Å².